The van der Waals surface area contributed by atoms with Crippen molar-refractivity contribution >= 4 is 87.8 Å². The van der Waals surface area contributed by atoms with E-state index in [9.17, 15) is 52.7 Å². The van der Waals surface area contributed by atoms with E-state index in [0.29, 0.717) is 18.4 Å². The van der Waals surface area contributed by atoms with Crippen LogP contribution in [0.25, 0.3) is 22.6 Å². The molecular weight excluding hydrogens is 1170 g/mol. The molecule has 1 aromatic rings. The molecule has 28 heteroatoms. The van der Waals surface area contributed by atoms with Crippen LogP contribution in [0.2, 0.25) is 0 Å². The molecule has 8 unspecified atom stereocenters. The minimum atomic E-state index is -1.88. The Hall–Kier alpha value is -8.72. The quantitative estimate of drug-likeness (QED) is 0.118. The van der Waals surface area contributed by atoms with E-state index in [1.807, 2.05) is 0 Å². The van der Waals surface area contributed by atoms with Gasteiger partial charge in [-0.05, 0) is 88.7 Å². The Morgan fingerprint density at radius 3 is 1.44 bits per heavy atom. The Morgan fingerprint density at radius 1 is 0.611 bits per heavy atom. The van der Waals surface area contributed by atoms with Gasteiger partial charge in [0, 0.05) is 46.8 Å². The SMILES string of the molecule is Cc1c2oc3c(C)ccc(C(=O)NC4C(=O)NC(C(C)C)C(=O)N5CCC[C@H]5C(=O)N(C)CC(=O)N(C)C(C(C)C)C(=O)OC4C)c3nc-2c(C(=O)NC2C(=O)NC(C(C)C)C(=O)N3CCCC3C(=O)N(C)CC(=O)N(C)[C@@H](C(C)C)C(=O)OC2C)c(N)c1=O. The molecular formula is C62H86N12O16. The zero-order chi connectivity index (χ0) is 67.0. The van der Waals surface area contributed by atoms with E-state index in [1.54, 1.807) is 62.3 Å². The lowest BCUT2D eigenvalue weighted by Gasteiger charge is -2.36. The number of amides is 10. The minimum absolute atomic E-state index is 0.0763. The van der Waals surface area contributed by atoms with Crippen molar-refractivity contribution in [2.45, 2.75) is 169 Å². The zero-order valence-corrected chi connectivity index (χ0v) is 54.1. The molecule has 7 rings (SSSR count). The van der Waals surface area contributed by atoms with Crippen molar-refractivity contribution < 1.29 is 71.4 Å². The van der Waals surface area contributed by atoms with Crippen molar-refractivity contribution in [2.24, 2.45) is 23.7 Å². The normalized spacial score (nSPS) is 26.2. The number of nitrogens with one attached hydrogen (secondary N) is 4. The maximum absolute atomic E-state index is 15.2. The molecule has 1 aliphatic carbocycles. The Kier molecular flexibility index (Phi) is 21.1. The van der Waals surface area contributed by atoms with Gasteiger partial charge in [-0.15, -0.1) is 0 Å². The molecule has 4 fully saturated rings. The first-order valence-electron chi connectivity index (χ1n) is 30.5. The van der Waals surface area contributed by atoms with Gasteiger partial charge in [-0.1, -0.05) is 61.5 Å². The number of hydrogen-bond acceptors (Lipinski definition) is 18. The number of esters is 2. The fourth-order valence-corrected chi connectivity index (χ4v) is 12.3. The monoisotopic (exact) mass is 1250 g/mol. The fourth-order valence-electron chi connectivity index (χ4n) is 12.3. The second kappa shape index (κ2) is 27.6. The minimum Gasteiger partial charge on any atom is -0.458 e. The van der Waals surface area contributed by atoms with E-state index in [2.05, 4.69) is 21.3 Å². The highest BCUT2D eigenvalue weighted by atomic mass is 16.6. The molecule has 490 valence electrons. The molecule has 5 aliphatic heterocycles. The molecule has 28 nitrogen and oxygen atoms in total. The van der Waals surface area contributed by atoms with E-state index in [4.69, 9.17) is 24.6 Å². The highest BCUT2D eigenvalue weighted by Gasteiger charge is 2.46. The lowest BCUT2D eigenvalue weighted by molar-refractivity contribution is -0.163. The standard InChI is InChI=1S/C62H86N12O16/c1-27(2)42-59(84)73-23-17-19-36(73)57(82)69(13)25-38(75)71(15)48(29(5)6)61(86)88-33(11)44(55(80)65-42)67-53(78)35-22-21-31(9)51-46(35)64-47-40(41(63)50(77)32(10)52(47)90-51)54(79)68-45-34(12)89-62(87)49(30(7)8)72(16)39(76)26-70(14)58(83)37-20-18-24-74(37)60(85)43(28(3)4)66-56(45)81/h21-22,27-30,33-34,36-37,42-45,48-49H,17-20,23-26,63H2,1-16H3,(H,65,80)(H,66,81)(H,67,78)(H,68,79)/t33?,34?,36-,37?,42?,43?,44?,45?,48?,49-/m0/s1. The third-order valence-corrected chi connectivity index (χ3v) is 17.5. The highest BCUT2D eigenvalue weighted by molar-refractivity contribution is 6.10. The van der Waals surface area contributed by atoms with Gasteiger partial charge >= 0.3 is 11.9 Å². The number of aryl methyl sites for hydroxylation is 1. The first-order valence-corrected chi connectivity index (χ1v) is 30.5. The van der Waals surface area contributed by atoms with Crippen molar-refractivity contribution in [1.29, 1.82) is 0 Å². The molecule has 0 bridgehead atoms. The van der Waals surface area contributed by atoms with E-state index in [1.165, 1.54) is 80.7 Å². The van der Waals surface area contributed by atoms with Crippen LogP contribution in [0.1, 0.15) is 127 Å². The van der Waals surface area contributed by atoms with Gasteiger partial charge in [0.2, 0.25) is 52.7 Å². The van der Waals surface area contributed by atoms with Crippen LogP contribution in [0, 0.1) is 37.5 Å². The summed E-state index contributed by atoms with van der Waals surface area (Å²) in [5.74, 6) is -12.4. The molecule has 1 aromatic carbocycles. The van der Waals surface area contributed by atoms with Gasteiger partial charge in [0.1, 0.15) is 71.8 Å². The van der Waals surface area contributed by atoms with Crippen LogP contribution in [0.15, 0.2) is 21.3 Å². The molecule has 6 aliphatic rings. The number of ether oxygens (including phenoxy) is 2. The number of rotatable bonds is 8. The van der Waals surface area contributed by atoms with Crippen molar-refractivity contribution in [2.75, 3.05) is 60.1 Å². The molecule has 6 N–H and O–H groups in total. The van der Waals surface area contributed by atoms with Crippen LogP contribution < -0.4 is 32.4 Å². The largest absolute Gasteiger partial charge is 0.458 e. The number of aromatic nitrogens is 1. The molecule has 10 amide bonds. The van der Waals surface area contributed by atoms with E-state index in [-0.39, 0.29) is 53.9 Å². The Morgan fingerprint density at radius 2 is 1.03 bits per heavy atom. The lowest BCUT2D eigenvalue weighted by Crippen LogP contribution is -2.61. The number of carbonyl (C=O) groups is 12. The van der Waals surface area contributed by atoms with Gasteiger partial charge in [-0.2, -0.15) is 0 Å². The third kappa shape index (κ3) is 13.7. The number of anilines is 1. The maximum atomic E-state index is 15.2. The van der Waals surface area contributed by atoms with E-state index in [0.717, 1.165) is 9.80 Å². The van der Waals surface area contributed by atoms with Crippen LogP contribution in [0.5, 0.6) is 0 Å². The summed E-state index contributed by atoms with van der Waals surface area (Å²) >= 11 is 0. The van der Waals surface area contributed by atoms with Crippen molar-refractivity contribution in [3.05, 3.63) is 44.6 Å². The number of carbonyl (C=O) groups excluding carboxylic acids is 12. The van der Waals surface area contributed by atoms with Crippen molar-refractivity contribution in [3.8, 4) is 11.5 Å². The fraction of sp³-hybridized carbons (Fsp3) is 0.613. The molecule has 90 heavy (non-hydrogen) atoms. The van der Waals surface area contributed by atoms with Gasteiger partial charge in [0.25, 0.3) is 11.8 Å². The lowest BCUT2D eigenvalue weighted by atomic mass is 9.98. The number of nitrogen functional groups attached to an aromatic ring is 1. The Balaban J connectivity index is 1.32. The van der Waals surface area contributed by atoms with Crippen LogP contribution in [-0.4, -0.2) is 220 Å². The molecule has 4 saturated heterocycles. The average Bonchev–Trinajstić information content (AvgIpc) is 0.893. The third-order valence-electron chi connectivity index (χ3n) is 17.5. The molecule has 0 spiro atoms. The average molecular weight is 1260 g/mol. The number of fused-ring (bicyclic) bond motifs is 4. The molecule has 0 aromatic heterocycles. The van der Waals surface area contributed by atoms with Gasteiger partial charge in [-0.3, -0.25) is 52.7 Å². The van der Waals surface area contributed by atoms with Crippen LogP contribution in [-0.2, 0) is 57.4 Å². The Labute approximate surface area is 522 Å². The summed E-state index contributed by atoms with van der Waals surface area (Å²) in [5, 5.41) is 10.7. The molecule has 5 heterocycles. The number of benzene rings is 2. The van der Waals surface area contributed by atoms with E-state index >= 15 is 9.59 Å². The molecule has 0 radical (unpaired) electrons. The van der Waals surface area contributed by atoms with Crippen LogP contribution >= 0.6 is 0 Å². The Bertz CT molecular complexity index is 3420. The molecule has 0 saturated carbocycles. The van der Waals surface area contributed by atoms with Crippen LogP contribution in [0.3, 0.4) is 0 Å². The first-order chi connectivity index (χ1) is 42.1. The van der Waals surface area contributed by atoms with Gasteiger partial charge in [0.05, 0.1) is 29.9 Å². The number of hydrogen-bond donors (Lipinski definition) is 5. The van der Waals surface area contributed by atoms with Gasteiger partial charge in [-0.25, -0.2) is 14.6 Å². The summed E-state index contributed by atoms with van der Waals surface area (Å²) in [4.78, 5) is 199. The number of likely N-dealkylation sites (N-methyl/N-ethyl adjacent to an activating group) is 4. The highest BCUT2D eigenvalue weighted by Crippen LogP contribution is 2.35. The number of nitrogens with two attached hydrogens (primary N) is 1. The predicted octanol–water partition coefficient (Wildman–Crippen LogP) is 0.726. The topological polar surface area (TPSA) is 360 Å². The summed E-state index contributed by atoms with van der Waals surface area (Å²) in [7, 11) is 5.59. The summed E-state index contributed by atoms with van der Waals surface area (Å²) < 4.78 is 18.3. The number of nitrogens with zero attached hydrogens (tertiary/aromatic N) is 7. The van der Waals surface area contributed by atoms with Gasteiger partial charge in [0.15, 0.2) is 11.3 Å². The van der Waals surface area contributed by atoms with Crippen molar-refractivity contribution in [3.63, 3.8) is 0 Å². The summed E-state index contributed by atoms with van der Waals surface area (Å²) in [5.41, 5.74) is 3.57. The van der Waals surface area contributed by atoms with Crippen LogP contribution in [0.4, 0.5) is 5.69 Å². The summed E-state index contributed by atoms with van der Waals surface area (Å²) in [6.07, 6.45) is -1.65. The smallest absolute Gasteiger partial charge is 0.329 e. The zero-order valence-electron chi connectivity index (χ0n) is 54.1. The van der Waals surface area contributed by atoms with E-state index < -0.39 is 191 Å². The van der Waals surface area contributed by atoms with Crippen molar-refractivity contribution in [1.82, 2.24) is 55.7 Å². The first kappa shape index (κ1) is 68.8. The molecule has 10 atom stereocenters. The predicted molar refractivity (Wildman–Crippen MR) is 325 cm³/mol. The maximum Gasteiger partial charge on any atom is 0.329 e. The number of cyclic esters (lactones) is 2. The summed E-state index contributed by atoms with van der Waals surface area (Å²) in [6, 6.07) is -7.90. The summed E-state index contributed by atoms with van der Waals surface area (Å²) in [6.45, 7) is 18.4. The second-order valence-electron chi connectivity index (χ2n) is 25.5. The van der Waals surface area contributed by atoms with Gasteiger partial charge < -0.3 is 70.3 Å². The second-order valence-corrected chi connectivity index (χ2v) is 25.5.